The standard InChI is InChI=1S/C13H18BrNO2/c1-8-5-4-6-11(12(8)16)13(17)15-10(3)9(2)7-14/h4-6,9-10,16H,7H2,1-3H3,(H,15,17). The van der Waals surface area contributed by atoms with Gasteiger partial charge in [-0.15, -0.1) is 0 Å². The van der Waals surface area contributed by atoms with E-state index in [0.29, 0.717) is 17.0 Å². The lowest BCUT2D eigenvalue weighted by Gasteiger charge is -2.19. The van der Waals surface area contributed by atoms with E-state index in [2.05, 4.69) is 28.2 Å². The van der Waals surface area contributed by atoms with E-state index in [1.165, 1.54) is 0 Å². The van der Waals surface area contributed by atoms with Gasteiger partial charge in [0.15, 0.2) is 0 Å². The summed E-state index contributed by atoms with van der Waals surface area (Å²) >= 11 is 3.39. The van der Waals surface area contributed by atoms with Gasteiger partial charge in [-0.05, 0) is 31.4 Å². The van der Waals surface area contributed by atoms with Crippen LogP contribution in [-0.4, -0.2) is 22.4 Å². The van der Waals surface area contributed by atoms with E-state index < -0.39 is 0 Å². The Morgan fingerprint density at radius 1 is 1.47 bits per heavy atom. The number of rotatable bonds is 4. The molecule has 0 aliphatic carbocycles. The molecule has 0 aliphatic heterocycles. The number of carbonyl (C=O) groups excluding carboxylic acids is 1. The molecule has 2 unspecified atom stereocenters. The Morgan fingerprint density at radius 3 is 2.71 bits per heavy atom. The number of phenolic OH excluding ortho intramolecular Hbond substituents is 1. The number of para-hydroxylation sites is 1. The Morgan fingerprint density at radius 2 is 2.12 bits per heavy atom. The van der Waals surface area contributed by atoms with Gasteiger partial charge in [0.25, 0.3) is 5.91 Å². The summed E-state index contributed by atoms with van der Waals surface area (Å²) < 4.78 is 0. The number of amides is 1. The highest BCUT2D eigenvalue weighted by atomic mass is 79.9. The van der Waals surface area contributed by atoms with Gasteiger partial charge in [-0.2, -0.15) is 0 Å². The van der Waals surface area contributed by atoms with Crippen LogP contribution in [0.3, 0.4) is 0 Å². The molecule has 0 heterocycles. The largest absolute Gasteiger partial charge is 0.507 e. The molecule has 1 rings (SSSR count). The molecule has 0 aliphatic rings. The fourth-order valence-corrected chi connectivity index (χ4v) is 1.96. The van der Waals surface area contributed by atoms with Crippen molar-refractivity contribution in [1.29, 1.82) is 0 Å². The number of alkyl halides is 1. The number of halogens is 1. The van der Waals surface area contributed by atoms with Gasteiger partial charge in [0.1, 0.15) is 5.75 Å². The first-order valence-corrected chi connectivity index (χ1v) is 6.75. The monoisotopic (exact) mass is 299 g/mol. The van der Waals surface area contributed by atoms with Gasteiger partial charge in [0.2, 0.25) is 0 Å². The van der Waals surface area contributed by atoms with Crippen molar-refractivity contribution < 1.29 is 9.90 Å². The van der Waals surface area contributed by atoms with Gasteiger partial charge in [-0.3, -0.25) is 4.79 Å². The molecular weight excluding hydrogens is 282 g/mol. The summed E-state index contributed by atoms with van der Waals surface area (Å²) in [6, 6.07) is 5.23. The Kier molecular flexibility index (Phi) is 5.00. The molecule has 0 saturated heterocycles. The van der Waals surface area contributed by atoms with Crippen LogP contribution in [0.25, 0.3) is 0 Å². The second-order valence-electron chi connectivity index (χ2n) is 4.36. The summed E-state index contributed by atoms with van der Waals surface area (Å²) in [5, 5.41) is 13.5. The fourth-order valence-electron chi connectivity index (χ4n) is 1.40. The molecule has 0 fully saturated rings. The zero-order valence-corrected chi connectivity index (χ0v) is 11.9. The minimum Gasteiger partial charge on any atom is -0.507 e. The topological polar surface area (TPSA) is 49.3 Å². The predicted octanol–water partition coefficient (Wildman–Crippen LogP) is 2.85. The molecule has 2 atom stereocenters. The zero-order valence-electron chi connectivity index (χ0n) is 10.3. The van der Waals surface area contributed by atoms with Crippen LogP contribution in [0.1, 0.15) is 29.8 Å². The number of carbonyl (C=O) groups is 1. The first-order chi connectivity index (χ1) is 7.97. The molecule has 17 heavy (non-hydrogen) atoms. The second-order valence-corrected chi connectivity index (χ2v) is 5.01. The summed E-state index contributed by atoms with van der Waals surface area (Å²) in [7, 11) is 0. The SMILES string of the molecule is Cc1cccc(C(=O)NC(C)C(C)CBr)c1O. The van der Waals surface area contributed by atoms with Crippen LogP contribution in [0.2, 0.25) is 0 Å². The minimum absolute atomic E-state index is 0.0572. The summed E-state index contributed by atoms with van der Waals surface area (Å²) in [6.45, 7) is 5.78. The average molecular weight is 300 g/mol. The predicted molar refractivity (Wildman–Crippen MR) is 72.7 cm³/mol. The molecule has 3 nitrogen and oxygen atoms in total. The number of aromatic hydroxyl groups is 1. The molecule has 2 N–H and O–H groups in total. The van der Waals surface area contributed by atoms with Crippen molar-refractivity contribution in [3.05, 3.63) is 29.3 Å². The minimum atomic E-state index is -0.230. The van der Waals surface area contributed by atoms with Crippen LogP contribution in [0.4, 0.5) is 0 Å². The molecule has 1 aromatic carbocycles. The van der Waals surface area contributed by atoms with Crippen LogP contribution < -0.4 is 5.32 Å². The van der Waals surface area contributed by atoms with Crippen molar-refractivity contribution in [1.82, 2.24) is 5.32 Å². The Hall–Kier alpha value is -1.03. The normalized spacial score (nSPS) is 14.1. The Bertz CT molecular complexity index is 406. The number of phenols is 1. The highest BCUT2D eigenvalue weighted by Crippen LogP contribution is 2.21. The maximum absolute atomic E-state index is 12.0. The van der Waals surface area contributed by atoms with Crippen molar-refractivity contribution in [3.8, 4) is 5.75 Å². The molecule has 0 radical (unpaired) electrons. The van der Waals surface area contributed by atoms with E-state index in [0.717, 1.165) is 5.33 Å². The summed E-state index contributed by atoms with van der Waals surface area (Å²) in [6.07, 6.45) is 0. The first-order valence-electron chi connectivity index (χ1n) is 5.62. The first kappa shape index (κ1) is 14.0. The van der Waals surface area contributed by atoms with E-state index in [4.69, 9.17) is 0 Å². The maximum Gasteiger partial charge on any atom is 0.255 e. The smallest absolute Gasteiger partial charge is 0.255 e. The van der Waals surface area contributed by atoms with Crippen LogP contribution >= 0.6 is 15.9 Å². The Balaban J connectivity index is 2.80. The van der Waals surface area contributed by atoms with Gasteiger partial charge >= 0.3 is 0 Å². The molecule has 1 aromatic rings. The van der Waals surface area contributed by atoms with Crippen molar-refractivity contribution in [2.24, 2.45) is 5.92 Å². The van der Waals surface area contributed by atoms with Gasteiger partial charge in [-0.25, -0.2) is 0 Å². The second kappa shape index (κ2) is 6.05. The maximum atomic E-state index is 12.0. The highest BCUT2D eigenvalue weighted by molar-refractivity contribution is 9.09. The molecule has 1 amide bonds. The molecule has 0 bridgehead atoms. The third-order valence-corrected chi connectivity index (χ3v) is 3.96. The summed E-state index contributed by atoms with van der Waals surface area (Å²) in [5.41, 5.74) is 1.04. The van der Waals surface area contributed by atoms with Gasteiger partial charge in [-0.1, -0.05) is 35.0 Å². The van der Waals surface area contributed by atoms with Gasteiger partial charge in [0.05, 0.1) is 5.56 Å². The average Bonchev–Trinajstić information content (AvgIpc) is 2.31. The van der Waals surface area contributed by atoms with Crippen LogP contribution in [0.5, 0.6) is 5.75 Å². The van der Waals surface area contributed by atoms with Crippen molar-refractivity contribution in [3.63, 3.8) is 0 Å². The van der Waals surface area contributed by atoms with E-state index in [9.17, 15) is 9.90 Å². The molecule has 94 valence electrons. The molecule has 4 heteroatoms. The molecule has 0 saturated carbocycles. The zero-order chi connectivity index (χ0) is 13.0. The van der Waals surface area contributed by atoms with Gasteiger partial charge < -0.3 is 10.4 Å². The van der Waals surface area contributed by atoms with Crippen molar-refractivity contribution in [2.75, 3.05) is 5.33 Å². The third kappa shape index (κ3) is 3.46. The highest BCUT2D eigenvalue weighted by Gasteiger charge is 2.17. The molecule has 0 aromatic heterocycles. The number of aryl methyl sites for hydroxylation is 1. The lowest BCUT2D eigenvalue weighted by Crippen LogP contribution is -2.37. The van der Waals surface area contributed by atoms with Crippen LogP contribution in [0, 0.1) is 12.8 Å². The Labute approximate surface area is 110 Å². The fraction of sp³-hybridized carbons (Fsp3) is 0.462. The van der Waals surface area contributed by atoms with E-state index in [-0.39, 0.29) is 17.7 Å². The lowest BCUT2D eigenvalue weighted by atomic mass is 10.0. The quantitative estimate of drug-likeness (QED) is 0.840. The summed E-state index contributed by atoms with van der Waals surface area (Å²) in [4.78, 5) is 12.0. The van der Waals surface area contributed by atoms with Gasteiger partial charge in [0, 0.05) is 11.4 Å². The summed E-state index contributed by atoms with van der Waals surface area (Å²) in [5.74, 6) is 0.168. The van der Waals surface area contributed by atoms with Crippen molar-refractivity contribution >= 4 is 21.8 Å². The number of hydrogen-bond acceptors (Lipinski definition) is 2. The lowest BCUT2D eigenvalue weighted by molar-refractivity contribution is 0.0928. The molecular formula is C13H18BrNO2. The van der Waals surface area contributed by atoms with Crippen LogP contribution in [-0.2, 0) is 0 Å². The third-order valence-electron chi connectivity index (χ3n) is 2.94. The van der Waals surface area contributed by atoms with Crippen LogP contribution in [0.15, 0.2) is 18.2 Å². The molecule has 0 spiro atoms. The number of benzene rings is 1. The number of hydrogen-bond donors (Lipinski definition) is 2. The van der Waals surface area contributed by atoms with Crippen molar-refractivity contribution in [2.45, 2.75) is 26.8 Å². The number of nitrogens with one attached hydrogen (secondary N) is 1. The van der Waals surface area contributed by atoms with E-state index in [1.54, 1.807) is 25.1 Å². The van der Waals surface area contributed by atoms with E-state index >= 15 is 0 Å². The van der Waals surface area contributed by atoms with E-state index in [1.807, 2.05) is 6.92 Å².